The summed E-state index contributed by atoms with van der Waals surface area (Å²) in [5.41, 5.74) is 0.560. The van der Waals surface area contributed by atoms with E-state index in [4.69, 9.17) is 4.74 Å². The first-order valence-corrected chi connectivity index (χ1v) is 6.59. The van der Waals surface area contributed by atoms with Crippen LogP contribution in [-0.4, -0.2) is 18.5 Å². The molecule has 2 aromatic carbocycles. The minimum absolute atomic E-state index is 0.182. The molecule has 0 unspecified atom stereocenters. The summed E-state index contributed by atoms with van der Waals surface area (Å²) in [5.74, 6) is 0.182. The van der Waals surface area contributed by atoms with Crippen molar-refractivity contribution in [2.24, 2.45) is 0 Å². The molecule has 0 spiro atoms. The van der Waals surface area contributed by atoms with Crippen molar-refractivity contribution in [1.29, 1.82) is 0 Å². The van der Waals surface area contributed by atoms with E-state index in [2.05, 4.69) is 0 Å². The fourth-order valence-electron chi connectivity index (χ4n) is 2.12. The third-order valence-corrected chi connectivity index (χ3v) is 3.60. The first-order chi connectivity index (χ1) is 9.03. The second-order valence-corrected chi connectivity index (χ2v) is 5.41. The monoisotopic (exact) mass is 256 g/mol. The molecule has 19 heavy (non-hydrogen) atoms. The van der Waals surface area contributed by atoms with Crippen LogP contribution < -0.4 is 0 Å². The van der Waals surface area contributed by atoms with Crippen LogP contribution in [0, 0.1) is 0 Å². The lowest BCUT2D eigenvalue weighted by atomic mass is 9.95. The Morgan fingerprint density at radius 2 is 1.79 bits per heavy atom. The second kappa shape index (κ2) is 5.54. The van der Waals surface area contributed by atoms with Crippen molar-refractivity contribution in [3.05, 3.63) is 48.0 Å². The quantitative estimate of drug-likeness (QED) is 0.748. The Morgan fingerprint density at radius 1 is 1.11 bits per heavy atom. The minimum Gasteiger partial charge on any atom is -0.379 e. The van der Waals surface area contributed by atoms with Crippen LogP contribution in [0.2, 0.25) is 0 Å². The normalized spacial score (nSPS) is 11.7. The Labute approximate surface area is 114 Å². The van der Waals surface area contributed by atoms with Gasteiger partial charge in [-0.05, 0) is 31.0 Å². The van der Waals surface area contributed by atoms with Crippen molar-refractivity contribution in [3.63, 3.8) is 0 Å². The number of ketones is 1. The van der Waals surface area contributed by atoms with Crippen molar-refractivity contribution in [1.82, 2.24) is 0 Å². The average molecular weight is 256 g/mol. The summed E-state index contributed by atoms with van der Waals surface area (Å²) in [6, 6.07) is 13.9. The summed E-state index contributed by atoms with van der Waals surface area (Å²) in [7, 11) is 1.68. The van der Waals surface area contributed by atoms with Gasteiger partial charge in [0.15, 0.2) is 5.78 Å². The fourth-order valence-corrected chi connectivity index (χ4v) is 2.12. The molecule has 0 saturated carbocycles. The molecular weight excluding hydrogens is 236 g/mol. The van der Waals surface area contributed by atoms with Crippen molar-refractivity contribution in [2.45, 2.75) is 32.3 Å². The number of hydrogen-bond donors (Lipinski definition) is 0. The summed E-state index contributed by atoms with van der Waals surface area (Å²) < 4.78 is 5.36. The van der Waals surface area contributed by atoms with Crippen molar-refractivity contribution < 1.29 is 9.53 Å². The molecule has 0 heterocycles. The molecule has 0 saturated heterocycles. The molecular formula is C17H20O2. The summed E-state index contributed by atoms with van der Waals surface area (Å²) >= 11 is 0. The Kier molecular flexibility index (Phi) is 4.01. The van der Waals surface area contributed by atoms with Gasteiger partial charge in [0.2, 0.25) is 0 Å². The molecule has 2 aromatic rings. The molecule has 0 aliphatic carbocycles. The molecule has 100 valence electrons. The van der Waals surface area contributed by atoms with Crippen molar-refractivity contribution in [2.75, 3.05) is 7.11 Å². The van der Waals surface area contributed by atoms with E-state index in [-0.39, 0.29) is 11.4 Å². The van der Waals surface area contributed by atoms with Crippen molar-refractivity contribution >= 4 is 16.6 Å². The Morgan fingerprint density at radius 3 is 2.53 bits per heavy atom. The van der Waals surface area contributed by atoms with Crippen LogP contribution in [0.25, 0.3) is 10.8 Å². The van der Waals surface area contributed by atoms with Gasteiger partial charge >= 0.3 is 0 Å². The molecule has 0 aliphatic heterocycles. The van der Waals surface area contributed by atoms with Crippen LogP contribution in [0.3, 0.4) is 0 Å². The third kappa shape index (κ3) is 3.21. The SMILES string of the molecule is COC(C)(C)CCC(=O)c1cccc2ccccc12. The molecule has 2 nitrogen and oxygen atoms in total. The standard InChI is InChI=1S/C17H20O2/c1-17(2,19-3)12-11-16(18)15-10-6-8-13-7-4-5-9-14(13)15/h4-10H,11-12H2,1-3H3. The smallest absolute Gasteiger partial charge is 0.163 e. The van der Waals surface area contributed by atoms with E-state index in [9.17, 15) is 4.79 Å². The van der Waals surface area contributed by atoms with Crippen LogP contribution in [0.15, 0.2) is 42.5 Å². The van der Waals surface area contributed by atoms with Crippen LogP contribution in [0.5, 0.6) is 0 Å². The maximum Gasteiger partial charge on any atom is 0.163 e. The zero-order chi connectivity index (χ0) is 13.9. The molecule has 2 rings (SSSR count). The zero-order valence-electron chi connectivity index (χ0n) is 11.8. The predicted octanol–water partition coefficient (Wildman–Crippen LogP) is 4.23. The Balaban J connectivity index is 2.23. The van der Waals surface area contributed by atoms with Gasteiger partial charge in [0, 0.05) is 19.1 Å². The van der Waals surface area contributed by atoms with Crippen LogP contribution in [0.1, 0.15) is 37.0 Å². The predicted molar refractivity (Wildman–Crippen MR) is 78.6 cm³/mol. The minimum atomic E-state index is -0.250. The number of carbonyl (C=O) groups is 1. The van der Waals surface area contributed by atoms with Gasteiger partial charge in [0.1, 0.15) is 0 Å². The number of Topliss-reactive ketones (excluding diaryl/α,β-unsaturated/α-hetero) is 1. The molecule has 2 heteroatoms. The van der Waals surface area contributed by atoms with Crippen LogP contribution >= 0.6 is 0 Å². The number of rotatable bonds is 5. The average Bonchev–Trinajstić information content (AvgIpc) is 2.44. The molecule has 0 radical (unpaired) electrons. The van der Waals surface area contributed by atoms with Crippen molar-refractivity contribution in [3.8, 4) is 0 Å². The van der Waals surface area contributed by atoms with E-state index in [1.54, 1.807) is 7.11 Å². The Bertz CT molecular complexity index is 579. The molecule has 0 aliphatic rings. The summed E-state index contributed by atoms with van der Waals surface area (Å²) in [6.45, 7) is 4.01. The zero-order valence-corrected chi connectivity index (χ0v) is 11.8. The third-order valence-electron chi connectivity index (χ3n) is 3.60. The van der Waals surface area contributed by atoms with E-state index in [1.165, 1.54) is 0 Å². The van der Waals surface area contributed by atoms with Gasteiger partial charge in [0.05, 0.1) is 5.60 Å². The molecule has 0 fully saturated rings. The van der Waals surface area contributed by atoms with Crippen LogP contribution in [-0.2, 0) is 4.74 Å². The topological polar surface area (TPSA) is 26.3 Å². The first kappa shape index (κ1) is 13.8. The molecule has 0 bridgehead atoms. The Hall–Kier alpha value is -1.67. The van der Waals surface area contributed by atoms with E-state index < -0.39 is 0 Å². The van der Waals surface area contributed by atoms with E-state index in [1.807, 2.05) is 56.3 Å². The fraction of sp³-hybridized carbons (Fsp3) is 0.353. The molecule has 0 amide bonds. The second-order valence-electron chi connectivity index (χ2n) is 5.41. The maximum atomic E-state index is 12.4. The summed E-state index contributed by atoms with van der Waals surface area (Å²) in [5, 5.41) is 2.14. The number of fused-ring (bicyclic) bond motifs is 1. The largest absolute Gasteiger partial charge is 0.379 e. The van der Waals surface area contributed by atoms with E-state index >= 15 is 0 Å². The highest BCUT2D eigenvalue weighted by Gasteiger charge is 2.19. The van der Waals surface area contributed by atoms with Gasteiger partial charge in [-0.3, -0.25) is 4.79 Å². The van der Waals surface area contributed by atoms with E-state index in [0.29, 0.717) is 6.42 Å². The molecule has 0 atom stereocenters. The van der Waals surface area contributed by atoms with E-state index in [0.717, 1.165) is 22.8 Å². The van der Waals surface area contributed by atoms with Crippen LogP contribution in [0.4, 0.5) is 0 Å². The number of hydrogen-bond acceptors (Lipinski definition) is 2. The number of ether oxygens (including phenoxy) is 1. The first-order valence-electron chi connectivity index (χ1n) is 6.59. The van der Waals surface area contributed by atoms with Gasteiger partial charge in [-0.2, -0.15) is 0 Å². The van der Waals surface area contributed by atoms with Gasteiger partial charge in [-0.25, -0.2) is 0 Å². The highest BCUT2D eigenvalue weighted by atomic mass is 16.5. The number of carbonyl (C=O) groups excluding carboxylic acids is 1. The highest BCUT2D eigenvalue weighted by molar-refractivity contribution is 6.08. The number of benzene rings is 2. The van der Waals surface area contributed by atoms with Gasteiger partial charge in [0.25, 0.3) is 0 Å². The summed E-state index contributed by atoms with van der Waals surface area (Å²) in [6.07, 6.45) is 1.24. The van der Waals surface area contributed by atoms with Gasteiger partial charge in [-0.1, -0.05) is 42.5 Å². The maximum absolute atomic E-state index is 12.4. The van der Waals surface area contributed by atoms with Gasteiger partial charge < -0.3 is 4.74 Å². The molecule has 0 aromatic heterocycles. The lowest BCUT2D eigenvalue weighted by Gasteiger charge is -2.22. The lowest BCUT2D eigenvalue weighted by molar-refractivity contribution is 0.0142. The summed E-state index contributed by atoms with van der Waals surface area (Å²) in [4.78, 5) is 12.4. The highest BCUT2D eigenvalue weighted by Crippen LogP contribution is 2.22. The van der Waals surface area contributed by atoms with Gasteiger partial charge in [-0.15, -0.1) is 0 Å². The lowest BCUT2D eigenvalue weighted by Crippen LogP contribution is -2.23. The molecule has 0 N–H and O–H groups in total. The number of methoxy groups -OCH3 is 1.